The first-order chi connectivity index (χ1) is 8.55. The largest absolute Gasteiger partial charge is 0.312 e. The van der Waals surface area contributed by atoms with Gasteiger partial charge >= 0.3 is 0 Å². The lowest BCUT2D eigenvalue weighted by atomic mass is 10.3. The molecule has 1 saturated heterocycles. The van der Waals surface area contributed by atoms with Gasteiger partial charge in [-0.25, -0.2) is 13.4 Å². The van der Waals surface area contributed by atoms with Crippen LogP contribution in [0.3, 0.4) is 0 Å². The summed E-state index contributed by atoms with van der Waals surface area (Å²) in [7, 11) is -3.68. The van der Waals surface area contributed by atoms with Crippen LogP contribution < -0.4 is 5.32 Å². The van der Waals surface area contributed by atoms with Gasteiger partial charge in [0.25, 0.3) is 10.0 Å². The van der Waals surface area contributed by atoms with Crippen molar-refractivity contribution in [1.29, 1.82) is 5.26 Å². The maximum atomic E-state index is 12.4. The zero-order valence-electron chi connectivity index (χ0n) is 10.00. The normalized spacial score (nSPS) is 21.4. The van der Waals surface area contributed by atoms with Gasteiger partial charge in [-0.05, 0) is 19.1 Å². The Labute approximate surface area is 106 Å². The molecule has 7 heteroatoms. The highest BCUT2D eigenvalue weighted by atomic mass is 32.2. The van der Waals surface area contributed by atoms with E-state index in [1.54, 1.807) is 6.07 Å². The van der Waals surface area contributed by atoms with Crippen LogP contribution in [0.2, 0.25) is 0 Å². The van der Waals surface area contributed by atoms with E-state index in [1.807, 2.05) is 13.0 Å². The zero-order valence-corrected chi connectivity index (χ0v) is 10.8. The first-order valence-corrected chi connectivity index (χ1v) is 7.08. The minimum Gasteiger partial charge on any atom is -0.312 e. The van der Waals surface area contributed by atoms with Gasteiger partial charge in [-0.2, -0.15) is 9.57 Å². The highest BCUT2D eigenvalue weighted by Gasteiger charge is 2.31. The van der Waals surface area contributed by atoms with E-state index >= 15 is 0 Å². The molecule has 1 aromatic rings. The Hall–Kier alpha value is -1.49. The number of hydrogen-bond donors (Lipinski definition) is 1. The van der Waals surface area contributed by atoms with E-state index in [0.717, 1.165) is 0 Å². The van der Waals surface area contributed by atoms with E-state index in [-0.39, 0.29) is 16.6 Å². The van der Waals surface area contributed by atoms with Crippen LogP contribution in [0.4, 0.5) is 0 Å². The summed E-state index contributed by atoms with van der Waals surface area (Å²) in [5.41, 5.74) is 0.0867. The summed E-state index contributed by atoms with van der Waals surface area (Å²) in [5, 5.41) is 12.0. The van der Waals surface area contributed by atoms with Crippen LogP contribution in [-0.4, -0.2) is 43.4 Å². The molecule has 1 aliphatic heterocycles. The maximum absolute atomic E-state index is 12.4. The van der Waals surface area contributed by atoms with Crippen molar-refractivity contribution >= 4 is 10.0 Å². The van der Waals surface area contributed by atoms with Crippen LogP contribution in [0.15, 0.2) is 23.4 Å². The Morgan fingerprint density at radius 2 is 2.39 bits per heavy atom. The minimum atomic E-state index is -3.68. The first kappa shape index (κ1) is 13.0. The SMILES string of the molecule is CC1CN(S(=O)(=O)c2ncccc2C#N)CCN1. The van der Waals surface area contributed by atoms with Gasteiger partial charge in [-0.3, -0.25) is 0 Å². The molecule has 0 spiro atoms. The molecule has 0 amide bonds. The Balaban J connectivity index is 2.39. The summed E-state index contributed by atoms with van der Waals surface area (Å²) in [6.45, 7) is 3.32. The smallest absolute Gasteiger partial charge is 0.261 e. The third-order valence-corrected chi connectivity index (χ3v) is 4.63. The Bertz CT molecular complexity index is 579. The molecule has 18 heavy (non-hydrogen) atoms. The van der Waals surface area contributed by atoms with Crippen LogP contribution in [0.1, 0.15) is 12.5 Å². The summed E-state index contributed by atoms with van der Waals surface area (Å²) in [6.07, 6.45) is 1.39. The van der Waals surface area contributed by atoms with Crippen molar-refractivity contribution in [3.05, 3.63) is 23.9 Å². The molecule has 0 bridgehead atoms. The van der Waals surface area contributed by atoms with Crippen LogP contribution in [0.25, 0.3) is 0 Å². The molecular formula is C11H14N4O2S. The summed E-state index contributed by atoms with van der Waals surface area (Å²) >= 11 is 0. The van der Waals surface area contributed by atoms with Gasteiger partial charge in [0.05, 0.1) is 5.56 Å². The summed E-state index contributed by atoms with van der Waals surface area (Å²) < 4.78 is 26.2. The number of rotatable bonds is 2. The van der Waals surface area contributed by atoms with Crippen molar-refractivity contribution < 1.29 is 8.42 Å². The van der Waals surface area contributed by atoms with Gasteiger partial charge in [0, 0.05) is 31.9 Å². The molecule has 2 rings (SSSR count). The molecule has 1 aromatic heterocycles. The van der Waals surface area contributed by atoms with Gasteiger partial charge in [0.1, 0.15) is 6.07 Å². The quantitative estimate of drug-likeness (QED) is 0.810. The van der Waals surface area contributed by atoms with E-state index in [4.69, 9.17) is 5.26 Å². The van der Waals surface area contributed by atoms with Gasteiger partial charge in [0.15, 0.2) is 5.03 Å². The lowest BCUT2D eigenvalue weighted by Gasteiger charge is -2.30. The number of piperazine rings is 1. The average molecular weight is 266 g/mol. The molecule has 0 saturated carbocycles. The predicted molar refractivity (Wildman–Crippen MR) is 65.2 cm³/mol. The number of nitrogens with zero attached hydrogens (tertiary/aromatic N) is 3. The van der Waals surface area contributed by atoms with Gasteiger partial charge < -0.3 is 5.32 Å². The second-order valence-electron chi connectivity index (χ2n) is 4.19. The van der Waals surface area contributed by atoms with Crippen LogP contribution >= 0.6 is 0 Å². The molecule has 2 heterocycles. The summed E-state index contributed by atoms with van der Waals surface area (Å²) in [5.74, 6) is 0. The molecule has 1 N–H and O–H groups in total. The number of sulfonamides is 1. The van der Waals surface area contributed by atoms with Crippen molar-refractivity contribution in [2.75, 3.05) is 19.6 Å². The van der Waals surface area contributed by atoms with Crippen LogP contribution in [0, 0.1) is 11.3 Å². The fourth-order valence-corrected chi connectivity index (χ4v) is 3.50. The van der Waals surface area contributed by atoms with Gasteiger partial charge in [-0.1, -0.05) is 0 Å². The monoisotopic (exact) mass is 266 g/mol. The molecule has 96 valence electrons. The fourth-order valence-electron chi connectivity index (χ4n) is 1.92. The molecule has 1 unspecified atom stereocenters. The van der Waals surface area contributed by atoms with Gasteiger partial charge in [0.2, 0.25) is 0 Å². The second-order valence-corrected chi connectivity index (χ2v) is 6.04. The standard InChI is InChI=1S/C11H14N4O2S/c1-9-8-15(6-5-13-9)18(16,17)11-10(7-12)3-2-4-14-11/h2-4,9,13H,5-6,8H2,1H3. The molecular weight excluding hydrogens is 252 g/mol. The Kier molecular flexibility index (Phi) is 3.61. The van der Waals surface area contributed by atoms with Crippen LogP contribution in [-0.2, 0) is 10.0 Å². The topological polar surface area (TPSA) is 86.1 Å². The number of nitriles is 1. The maximum Gasteiger partial charge on any atom is 0.261 e. The van der Waals surface area contributed by atoms with E-state index in [9.17, 15) is 8.42 Å². The molecule has 0 aliphatic carbocycles. The van der Waals surface area contributed by atoms with Crippen molar-refractivity contribution in [1.82, 2.24) is 14.6 Å². The number of pyridine rings is 1. The van der Waals surface area contributed by atoms with E-state index in [2.05, 4.69) is 10.3 Å². The lowest BCUT2D eigenvalue weighted by Crippen LogP contribution is -2.51. The average Bonchev–Trinajstić information content (AvgIpc) is 2.38. The Morgan fingerprint density at radius 3 is 3.06 bits per heavy atom. The predicted octanol–water partition coefficient (Wildman–Crippen LogP) is -0.0643. The second kappa shape index (κ2) is 5.02. The number of hydrogen-bond acceptors (Lipinski definition) is 5. The molecule has 6 nitrogen and oxygen atoms in total. The highest BCUT2D eigenvalue weighted by Crippen LogP contribution is 2.18. The zero-order chi connectivity index (χ0) is 13.2. The van der Waals surface area contributed by atoms with Crippen LogP contribution in [0.5, 0.6) is 0 Å². The van der Waals surface area contributed by atoms with E-state index in [1.165, 1.54) is 16.6 Å². The molecule has 0 aromatic carbocycles. The molecule has 1 atom stereocenters. The molecule has 1 aliphatic rings. The Morgan fingerprint density at radius 1 is 1.61 bits per heavy atom. The van der Waals surface area contributed by atoms with E-state index in [0.29, 0.717) is 19.6 Å². The number of nitrogens with one attached hydrogen (secondary N) is 1. The lowest BCUT2D eigenvalue weighted by molar-refractivity contribution is 0.309. The van der Waals surface area contributed by atoms with Crippen molar-refractivity contribution in [2.24, 2.45) is 0 Å². The van der Waals surface area contributed by atoms with Gasteiger partial charge in [-0.15, -0.1) is 0 Å². The molecule has 1 fully saturated rings. The fraction of sp³-hybridized carbons (Fsp3) is 0.455. The first-order valence-electron chi connectivity index (χ1n) is 5.64. The minimum absolute atomic E-state index is 0.0867. The highest BCUT2D eigenvalue weighted by molar-refractivity contribution is 7.89. The van der Waals surface area contributed by atoms with Crippen molar-refractivity contribution in [3.63, 3.8) is 0 Å². The van der Waals surface area contributed by atoms with Crippen molar-refractivity contribution in [3.8, 4) is 6.07 Å². The van der Waals surface area contributed by atoms with E-state index < -0.39 is 10.0 Å². The third-order valence-electron chi connectivity index (χ3n) is 2.81. The van der Waals surface area contributed by atoms with Crippen molar-refractivity contribution in [2.45, 2.75) is 18.0 Å². The summed E-state index contributed by atoms with van der Waals surface area (Å²) in [6, 6.07) is 4.99. The third kappa shape index (κ3) is 2.36. The molecule has 0 radical (unpaired) electrons. The number of aromatic nitrogens is 1. The summed E-state index contributed by atoms with van der Waals surface area (Å²) in [4.78, 5) is 3.85.